The van der Waals surface area contributed by atoms with Crippen LogP contribution in [0.1, 0.15) is 17.5 Å². The number of aryl methyl sites for hydroxylation is 2. The molecule has 0 fully saturated rings. The molecule has 5 heteroatoms. The Balaban J connectivity index is 1.70. The molecular weight excluding hydrogens is 394 g/mol. The molecule has 0 unspecified atom stereocenters. The van der Waals surface area contributed by atoms with E-state index in [1.54, 1.807) is 4.57 Å². The minimum atomic E-state index is -0.310. The zero-order valence-corrected chi connectivity index (χ0v) is 17.9. The highest BCUT2D eigenvalue weighted by atomic mass is 35.5. The molecule has 4 aromatic rings. The fourth-order valence-corrected chi connectivity index (χ4v) is 3.93. The van der Waals surface area contributed by atoms with Gasteiger partial charge in [-0.25, -0.2) is 4.79 Å². The second-order valence-corrected chi connectivity index (χ2v) is 8.05. The third-order valence-electron chi connectivity index (χ3n) is 5.20. The second kappa shape index (κ2) is 8.72. The molecule has 0 saturated heterocycles. The number of benzene rings is 3. The molecule has 0 bridgehead atoms. The molecule has 0 saturated carbocycles. The fourth-order valence-electron chi connectivity index (χ4n) is 3.77. The maximum Gasteiger partial charge on any atom is 0.354 e. The van der Waals surface area contributed by atoms with Gasteiger partial charge in [0.15, 0.2) is 0 Å². The summed E-state index contributed by atoms with van der Waals surface area (Å²) in [5, 5.41) is 1.48. The molecule has 0 atom stereocenters. The van der Waals surface area contributed by atoms with Crippen LogP contribution in [0.15, 0.2) is 77.6 Å². The van der Waals surface area contributed by atoms with Gasteiger partial charge in [0.2, 0.25) is 0 Å². The van der Waals surface area contributed by atoms with Crippen molar-refractivity contribution in [1.82, 2.24) is 9.55 Å². The van der Waals surface area contributed by atoms with Crippen LogP contribution in [0.25, 0.3) is 16.6 Å². The van der Waals surface area contributed by atoms with E-state index < -0.39 is 0 Å². The Kier molecular flexibility index (Phi) is 5.86. The Morgan fingerprint density at radius 1 is 0.900 bits per heavy atom. The van der Waals surface area contributed by atoms with Gasteiger partial charge in [0.05, 0.1) is 11.2 Å². The van der Waals surface area contributed by atoms with Crippen molar-refractivity contribution in [2.45, 2.75) is 19.3 Å². The Hall–Kier alpha value is -3.11. The normalized spacial score (nSPS) is 11.0. The van der Waals surface area contributed by atoms with Crippen LogP contribution in [0.5, 0.6) is 0 Å². The van der Waals surface area contributed by atoms with Gasteiger partial charge in [0.1, 0.15) is 5.82 Å². The maximum absolute atomic E-state index is 13.0. The summed E-state index contributed by atoms with van der Waals surface area (Å²) >= 11 is 6.27. The van der Waals surface area contributed by atoms with Gasteiger partial charge in [0, 0.05) is 24.5 Å². The second-order valence-electron chi connectivity index (χ2n) is 7.62. The van der Waals surface area contributed by atoms with E-state index in [0.29, 0.717) is 10.8 Å². The first kappa shape index (κ1) is 20.2. The Morgan fingerprint density at radius 3 is 2.40 bits per heavy atom. The lowest BCUT2D eigenvalue weighted by molar-refractivity contribution is 0.818. The lowest BCUT2D eigenvalue weighted by atomic mass is 10.0. The predicted molar refractivity (Wildman–Crippen MR) is 125 cm³/mol. The van der Waals surface area contributed by atoms with Crippen molar-refractivity contribution in [3.63, 3.8) is 0 Å². The zero-order valence-electron chi connectivity index (χ0n) is 17.2. The Labute approximate surface area is 181 Å². The molecule has 152 valence electrons. The topological polar surface area (TPSA) is 38.1 Å². The summed E-state index contributed by atoms with van der Waals surface area (Å²) in [6.07, 6.45) is 3.02. The van der Waals surface area contributed by atoms with E-state index in [1.165, 1.54) is 11.1 Å². The van der Waals surface area contributed by atoms with Crippen molar-refractivity contribution in [2.24, 2.45) is 0 Å². The highest BCUT2D eigenvalue weighted by molar-refractivity contribution is 6.31. The van der Waals surface area contributed by atoms with Gasteiger partial charge in [-0.3, -0.25) is 4.57 Å². The molecule has 3 aromatic carbocycles. The molecule has 0 aliphatic carbocycles. The van der Waals surface area contributed by atoms with Crippen LogP contribution in [0.3, 0.4) is 0 Å². The van der Waals surface area contributed by atoms with Crippen molar-refractivity contribution >= 4 is 28.3 Å². The molecule has 4 rings (SSSR count). The van der Waals surface area contributed by atoms with E-state index >= 15 is 0 Å². The number of fused-ring (bicyclic) bond motifs is 1. The van der Waals surface area contributed by atoms with E-state index in [0.717, 1.165) is 35.9 Å². The predicted octanol–water partition coefficient (Wildman–Crippen LogP) is 5.28. The third-order valence-corrected chi connectivity index (χ3v) is 5.44. The van der Waals surface area contributed by atoms with Gasteiger partial charge in [-0.15, -0.1) is 0 Å². The highest BCUT2D eigenvalue weighted by Crippen LogP contribution is 2.27. The standard InChI is InChI=1S/C25H24ClN3O/c1-28(2)24-22-15-14-20(26)17-23(22)29(25(30)27-24)21-13-7-12-19(16-21)11-6-10-18-8-4-3-5-9-18/h3-5,7-9,12-17H,6,10-11H2,1-2H3. The van der Waals surface area contributed by atoms with Crippen molar-refractivity contribution in [1.29, 1.82) is 0 Å². The number of rotatable bonds is 6. The SMILES string of the molecule is CN(C)c1nc(=O)n(-c2cccc(CCCc3ccccc3)c2)c2cc(Cl)ccc12. The van der Waals surface area contributed by atoms with Gasteiger partial charge in [-0.2, -0.15) is 4.98 Å². The van der Waals surface area contributed by atoms with Gasteiger partial charge in [-0.1, -0.05) is 54.1 Å². The summed E-state index contributed by atoms with van der Waals surface area (Å²) < 4.78 is 1.65. The molecular formula is C25H24ClN3O. The molecule has 0 aliphatic rings. The summed E-state index contributed by atoms with van der Waals surface area (Å²) in [4.78, 5) is 19.1. The van der Waals surface area contributed by atoms with Crippen molar-refractivity contribution in [3.05, 3.63) is 99.4 Å². The van der Waals surface area contributed by atoms with Crippen LogP contribution < -0.4 is 10.6 Å². The smallest absolute Gasteiger partial charge is 0.354 e. The van der Waals surface area contributed by atoms with Crippen LogP contribution >= 0.6 is 11.6 Å². The van der Waals surface area contributed by atoms with Crippen LogP contribution in [0.4, 0.5) is 5.82 Å². The number of aromatic nitrogens is 2. The summed E-state index contributed by atoms with van der Waals surface area (Å²) in [5.41, 5.74) is 3.79. The summed E-state index contributed by atoms with van der Waals surface area (Å²) in [6, 6.07) is 24.2. The van der Waals surface area contributed by atoms with Gasteiger partial charge < -0.3 is 4.90 Å². The first-order valence-electron chi connectivity index (χ1n) is 10.1. The lowest BCUT2D eigenvalue weighted by Crippen LogP contribution is -2.25. The Bertz CT molecular complexity index is 1230. The highest BCUT2D eigenvalue weighted by Gasteiger charge is 2.14. The molecule has 1 aromatic heterocycles. The zero-order chi connectivity index (χ0) is 21.1. The molecule has 1 heterocycles. The first-order chi connectivity index (χ1) is 14.5. The third kappa shape index (κ3) is 4.24. The van der Waals surface area contributed by atoms with E-state index in [2.05, 4.69) is 41.4 Å². The lowest BCUT2D eigenvalue weighted by Gasteiger charge is -2.17. The van der Waals surface area contributed by atoms with E-state index in [9.17, 15) is 4.79 Å². The monoisotopic (exact) mass is 417 g/mol. The van der Waals surface area contributed by atoms with Crippen molar-refractivity contribution in [2.75, 3.05) is 19.0 Å². The maximum atomic E-state index is 13.0. The molecule has 0 N–H and O–H groups in total. The van der Waals surface area contributed by atoms with E-state index in [4.69, 9.17) is 11.6 Å². The molecule has 30 heavy (non-hydrogen) atoms. The number of hydrogen-bond acceptors (Lipinski definition) is 3. The molecule has 0 spiro atoms. The molecule has 4 nitrogen and oxygen atoms in total. The minimum Gasteiger partial charge on any atom is -0.362 e. The quantitative estimate of drug-likeness (QED) is 0.428. The summed E-state index contributed by atoms with van der Waals surface area (Å²) in [5.74, 6) is 0.641. The van der Waals surface area contributed by atoms with Crippen LogP contribution in [0.2, 0.25) is 5.02 Å². The largest absolute Gasteiger partial charge is 0.362 e. The number of hydrogen-bond donors (Lipinski definition) is 0. The van der Waals surface area contributed by atoms with Gasteiger partial charge >= 0.3 is 5.69 Å². The fraction of sp³-hybridized carbons (Fsp3) is 0.200. The minimum absolute atomic E-state index is 0.310. The number of anilines is 1. The number of nitrogens with zero attached hydrogens (tertiary/aromatic N) is 3. The van der Waals surface area contributed by atoms with Crippen LogP contribution in [0, 0.1) is 0 Å². The number of halogens is 1. The van der Waals surface area contributed by atoms with E-state index in [1.807, 2.05) is 55.4 Å². The summed E-state index contributed by atoms with van der Waals surface area (Å²) in [6.45, 7) is 0. The molecule has 0 amide bonds. The first-order valence-corrected chi connectivity index (χ1v) is 10.4. The molecule has 0 radical (unpaired) electrons. The van der Waals surface area contributed by atoms with Crippen LogP contribution in [-0.2, 0) is 12.8 Å². The van der Waals surface area contributed by atoms with Crippen molar-refractivity contribution < 1.29 is 0 Å². The van der Waals surface area contributed by atoms with Gasteiger partial charge in [0.25, 0.3) is 0 Å². The molecule has 0 aliphatic heterocycles. The Morgan fingerprint density at radius 2 is 1.63 bits per heavy atom. The average Bonchev–Trinajstić information content (AvgIpc) is 2.74. The van der Waals surface area contributed by atoms with E-state index in [-0.39, 0.29) is 5.69 Å². The van der Waals surface area contributed by atoms with Crippen molar-refractivity contribution in [3.8, 4) is 5.69 Å². The van der Waals surface area contributed by atoms with Crippen LogP contribution in [-0.4, -0.2) is 23.6 Å². The van der Waals surface area contributed by atoms with Gasteiger partial charge in [-0.05, 0) is 60.7 Å². The average molecular weight is 418 g/mol. The summed E-state index contributed by atoms with van der Waals surface area (Å²) in [7, 11) is 3.76.